The fourth-order valence-electron chi connectivity index (χ4n) is 1.31. The highest BCUT2D eigenvalue weighted by Gasteiger charge is 2.35. The van der Waals surface area contributed by atoms with E-state index >= 15 is 0 Å². The molecule has 88 valence electrons. The molecule has 0 aromatic carbocycles. The number of aryl methyl sites for hydroxylation is 1. The maximum Gasteiger partial charge on any atom is 0.309 e. The van der Waals surface area contributed by atoms with Crippen molar-refractivity contribution >= 4 is 5.97 Å². The Hall–Kier alpha value is -1.32. The second-order valence-corrected chi connectivity index (χ2v) is 3.20. The molecule has 2 heterocycles. The summed E-state index contributed by atoms with van der Waals surface area (Å²) in [6.07, 6.45) is -5.63. The zero-order chi connectivity index (χ0) is 23.0. The maximum atomic E-state index is 12.3. The van der Waals surface area contributed by atoms with Crippen LogP contribution in [0.5, 0.6) is 0 Å². The molecule has 16 heavy (non-hydrogen) atoms. The Balaban J connectivity index is 2.80. The van der Waals surface area contributed by atoms with Crippen LogP contribution in [-0.4, -0.2) is 22.1 Å². The summed E-state index contributed by atoms with van der Waals surface area (Å²) in [6.45, 7) is -8.68. The van der Waals surface area contributed by atoms with Gasteiger partial charge in [-0.25, -0.2) is 4.98 Å². The molecule has 0 bridgehead atoms. The zero-order valence-electron chi connectivity index (χ0n) is 21.4. The predicted octanol–water partition coefficient (Wildman–Crippen LogP) is 1.47. The van der Waals surface area contributed by atoms with Crippen LogP contribution in [0.25, 0.3) is 0 Å². The van der Waals surface area contributed by atoms with Gasteiger partial charge in [-0.2, -0.15) is 0 Å². The topological polar surface area (TPSA) is 44.1 Å². The van der Waals surface area contributed by atoms with Crippen LogP contribution in [-0.2, 0) is 22.9 Å². The highest BCUT2D eigenvalue weighted by molar-refractivity contribution is 5.74. The Morgan fingerprint density at radius 2 is 2.88 bits per heavy atom. The van der Waals surface area contributed by atoms with Gasteiger partial charge in [-0.15, -0.1) is 0 Å². The molecule has 2 rings (SSSR count). The second-order valence-electron chi connectivity index (χ2n) is 3.20. The van der Waals surface area contributed by atoms with Crippen LogP contribution in [0.2, 0.25) is 0 Å². The number of rotatable bonds is 3. The van der Waals surface area contributed by atoms with Gasteiger partial charge in [0, 0.05) is 38.4 Å². The highest BCUT2D eigenvalue weighted by atomic mass is 16.5. The van der Waals surface area contributed by atoms with Crippen molar-refractivity contribution in [3.63, 3.8) is 0 Å². The maximum absolute atomic E-state index is 12.3. The van der Waals surface area contributed by atoms with Gasteiger partial charge >= 0.3 is 5.97 Å². The van der Waals surface area contributed by atoms with Crippen molar-refractivity contribution in [2.45, 2.75) is 26.6 Å². The van der Waals surface area contributed by atoms with Crippen LogP contribution < -0.4 is 0 Å². The number of hydrogen-bond donors (Lipinski definition) is 0. The summed E-state index contributed by atoms with van der Waals surface area (Å²) in [4.78, 5) is 16.0. The Morgan fingerprint density at radius 3 is 3.62 bits per heavy atom. The molecule has 0 spiro atoms. The molecule has 0 unspecified atom stereocenters. The van der Waals surface area contributed by atoms with E-state index in [0.717, 1.165) is 0 Å². The molecule has 4 heteroatoms. The van der Waals surface area contributed by atoms with E-state index in [1.807, 2.05) is 0 Å². The number of imidazole rings is 1. The van der Waals surface area contributed by atoms with Gasteiger partial charge in [0.25, 0.3) is 0 Å². The monoisotopic (exact) mass is 235 g/mol. The summed E-state index contributed by atoms with van der Waals surface area (Å²) in [6, 6.07) is 0. The number of esters is 1. The van der Waals surface area contributed by atoms with Crippen LogP contribution in [0.3, 0.4) is 0 Å². The number of carbonyl (C=O) groups is 1. The summed E-state index contributed by atoms with van der Waals surface area (Å²) in [5.74, 6) is -8.99. The standard InChI is InChI=1S/C12H18N2O2/c1-4-11-9(7-16-12(11)15)5-10-6-13-8(2)14(10)3/h6,9,11H,4-5,7H2,1-3H3/t9-,11-/m0/s1/i1D3,3D3,4D2,6D,7D2,9D,11D. The molecular weight excluding hydrogens is 204 g/mol. The Kier molecular flexibility index (Phi) is 0.893. The lowest BCUT2D eigenvalue weighted by Gasteiger charge is -2.13. The third-order valence-electron chi connectivity index (χ3n) is 2.18. The first-order valence-electron chi connectivity index (χ1n) is 10.9. The minimum absolute atomic E-state index is 0.200. The third-order valence-corrected chi connectivity index (χ3v) is 2.18. The smallest absolute Gasteiger partial charge is 0.309 e. The van der Waals surface area contributed by atoms with Gasteiger partial charge in [-0.05, 0) is 19.7 Å². The quantitative estimate of drug-likeness (QED) is 0.745. The molecule has 0 N–H and O–H groups in total. The molecule has 4 nitrogen and oxygen atoms in total. The SMILES string of the molecule is [2H]c1nc(C)n(C([2H])([2H])[2H])c1C[C@@]1([2H])C([2H])([2H])OC(=O)[C@@]1([2H])C([2H])([2H])C([2H])([2H])[2H]. The number of cyclic esters (lactones) is 1. The lowest BCUT2D eigenvalue weighted by molar-refractivity contribution is -0.141. The Bertz CT molecular complexity index is 842. The summed E-state index contributed by atoms with van der Waals surface area (Å²) in [5.41, 5.74) is -0.586. The first-order valence-corrected chi connectivity index (χ1v) is 4.44. The first-order chi connectivity index (χ1) is 12.6. The molecule has 0 radical (unpaired) electrons. The predicted molar refractivity (Wildman–Crippen MR) is 59.9 cm³/mol. The van der Waals surface area contributed by atoms with E-state index in [1.54, 1.807) is 0 Å². The van der Waals surface area contributed by atoms with Crippen molar-refractivity contribution in [3.05, 3.63) is 17.7 Å². The molecule has 1 aliphatic heterocycles. The molecule has 1 saturated heterocycles. The Morgan fingerprint density at radius 1 is 2.00 bits per heavy atom. The summed E-state index contributed by atoms with van der Waals surface area (Å²) >= 11 is 0. The molecule has 0 saturated carbocycles. The molecule has 1 aromatic heterocycles. The molecule has 0 amide bonds. The zero-order valence-corrected chi connectivity index (χ0v) is 8.42. The van der Waals surface area contributed by atoms with E-state index in [4.69, 9.17) is 17.8 Å². The van der Waals surface area contributed by atoms with Crippen LogP contribution in [0.15, 0.2) is 6.17 Å². The van der Waals surface area contributed by atoms with Crippen molar-refractivity contribution in [1.29, 1.82) is 0 Å². The lowest BCUT2D eigenvalue weighted by Crippen LogP contribution is -2.18. The normalized spacial score (nSPS) is 51.6. The van der Waals surface area contributed by atoms with E-state index in [2.05, 4.69) is 9.72 Å². The van der Waals surface area contributed by atoms with Crippen molar-refractivity contribution in [1.82, 2.24) is 9.55 Å². The van der Waals surface area contributed by atoms with E-state index in [1.165, 1.54) is 6.92 Å². The third kappa shape index (κ3) is 1.84. The van der Waals surface area contributed by atoms with E-state index in [0.29, 0.717) is 4.57 Å². The second kappa shape index (κ2) is 4.28. The molecule has 1 fully saturated rings. The first kappa shape index (κ1) is 3.34. The van der Waals surface area contributed by atoms with Gasteiger partial charge in [0.05, 0.1) is 16.6 Å². The molecule has 1 aliphatic rings. The van der Waals surface area contributed by atoms with Crippen LogP contribution >= 0.6 is 0 Å². The minimum atomic E-state index is -3.75. The van der Waals surface area contributed by atoms with Crippen molar-refractivity contribution in [2.75, 3.05) is 6.56 Å². The van der Waals surface area contributed by atoms with Crippen molar-refractivity contribution in [2.24, 2.45) is 18.8 Å². The fraction of sp³-hybridized carbons (Fsp3) is 0.667. The average Bonchev–Trinajstić information content (AvgIpc) is 2.83. The average molecular weight is 235 g/mol. The number of nitrogens with zero attached hydrogens (tertiary/aromatic N) is 2. The van der Waals surface area contributed by atoms with Crippen LogP contribution in [0.1, 0.15) is 42.6 Å². The van der Waals surface area contributed by atoms with Crippen molar-refractivity contribution in [3.8, 4) is 0 Å². The van der Waals surface area contributed by atoms with Crippen LogP contribution in [0, 0.1) is 18.7 Å². The van der Waals surface area contributed by atoms with Gasteiger partial charge in [-0.1, -0.05) is 6.85 Å². The van der Waals surface area contributed by atoms with Gasteiger partial charge in [0.1, 0.15) is 5.82 Å². The van der Waals surface area contributed by atoms with E-state index in [-0.39, 0.29) is 5.82 Å². The molecule has 2 atom stereocenters. The van der Waals surface area contributed by atoms with E-state index in [9.17, 15) is 4.79 Å². The van der Waals surface area contributed by atoms with Crippen molar-refractivity contribution < 1.29 is 27.4 Å². The summed E-state index contributed by atoms with van der Waals surface area (Å²) < 4.78 is 106. The minimum Gasteiger partial charge on any atom is -0.465 e. The fourth-order valence-corrected chi connectivity index (χ4v) is 1.31. The summed E-state index contributed by atoms with van der Waals surface area (Å²) in [5, 5.41) is 0. The van der Waals surface area contributed by atoms with Gasteiger partial charge in [-0.3, -0.25) is 4.79 Å². The lowest BCUT2D eigenvalue weighted by atomic mass is 9.89. The number of aromatic nitrogens is 2. The Labute approximate surface area is 114 Å². The van der Waals surface area contributed by atoms with E-state index < -0.39 is 62.8 Å². The van der Waals surface area contributed by atoms with Crippen LogP contribution in [0.4, 0.5) is 0 Å². The number of hydrogen-bond acceptors (Lipinski definition) is 3. The molecule has 0 aliphatic carbocycles. The van der Waals surface area contributed by atoms with Gasteiger partial charge in [0.2, 0.25) is 0 Å². The molecule has 1 aromatic rings. The molecular formula is C12H18N2O2. The number of carbonyl (C=O) groups excluding carboxylic acids is 1. The number of ether oxygens (including phenoxy) is 1. The van der Waals surface area contributed by atoms with Gasteiger partial charge < -0.3 is 9.30 Å². The highest BCUT2D eigenvalue weighted by Crippen LogP contribution is 2.28. The largest absolute Gasteiger partial charge is 0.465 e. The van der Waals surface area contributed by atoms with Gasteiger partial charge in [0.15, 0.2) is 0 Å². The summed E-state index contributed by atoms with van der Waals surface area (Å²) in [7, 11) is 0.